The molecule has 11 heavy (non-hydrogen) atoms. The predicted molar refractivity (Wildman–Crippen MR) is 44.2 cm³/mol. The lowest BCUT2D eigenvalue weighted by Gasteiger charge is -1.90. The molecule has 0 spiro atoms. The summed E-state index contributed by atoms with van der Waals surface area (Å²) in [7, 11) is 0.662. The topological polar surface area (TPSA) is 63.0 Å². The first kappa shape index (κ1) is 12.8. The molecule has 0 aromatic heterocycles. The van der Waals surface area contributed by atoms with E-state index in [0.29, 0.717) is 13.9 Å². The molecule has 1 rings (SSSR count). The van der Waals surface area contributed by atoms with Crippen molar-refractivity contribution in [2.24, 2.45) is 0 Å². The summed E-state index contributed by atoms with van der Waals surface area (Å²) in [6.07, 6.45) is 0.418. The fourth-order valence-electron chi connectivity index (χ4n) is 0.703. The monoisotopic (exact) mass is 157 g/mol. The minimum atomic E-state index is 0. The van der Waals surface area contributed by atoms with E-state index in [-0.39, 0.29) is 11.0 Å². The van der Waals surface area contributed by atoms with Crippen LogP contribution in [-0.4, -0.2) is 18.5 Å². The summed E-state index contributed by atoms with van der Waals surface area (Å²) >= 11 is 0. The molecule has 61 valence electrons. The summed E-state index contributed by atoms with van der Waals surface area (Å²) in [6, 6.07) is 9.52. The van der Waals surface area contributed by atoms with Crippen LogP contribution in [0, 0.1) is 0 Å². The molecule has 2 nitrogen and oxygen atoms in total. The molecule has 0 amide bonds. The third kappa shape index (κ3) is 4.53. The quantitative estimate of drug-likeness (QED) is 0.547. The molecule has 1 aromatic carbocycles. The first-order valence-corrected chi connectivity index (χ1v) is 2.89. The minimum absolute atomic E-state index is 0. The fourth-order valence-corrected chi connectivity index (χ4v) is 0.703. The highest BCUT2D eigenvalue weighted by Crippen LogP contribution is 1.97. The molecule has 0 bridgehead atoms. The number of hydrogen-bond donors (Lipinski definition) is 0. The van der Waals surface area contributed by atoms with Crippen LogP contribution in [0.1, 0.15) is 5.56 Å². The number of benzene rings is 1. The molecule has 0 fully saturated rings. The second kappa shape index (κ2) is 7.24. The molecule has 0 heterocycles. The molecule has 0 aliphatic heterocycles. The minimum Gasteiger partial charge on any atom is -0.412 e. The Morgan fingerprint density at radius 3 is 2.09 bits per heavy atom. The summed E-state index contributed by atoms with van der Waals surface area (Å²) in [4.78, 5) is 0. The molecule has 4 heteroatoms. The van der Waals surface area contributed by atoms with Crippen LogP contribution in [0.5, 0.6) is 0 Å². The van der Waals surface area contributed by atoms with E-state index in [1.165, 1.54) is 0 Å². The fraction of sp³-hybridized carbons (Fsp3) is 0.143. The number of rotatable bonds is 2. The Labute approximate surface area is 66.0 Å². The molecule has 0 aliphatic rings. The van der Waals surface area contributed by atoms with Crippen molar-refractivity contribution in [3.63, 3.8) is 0 Å². The largest absolute Gasteiger partial charge is 0.412 e. The Morgan fingerprint density at radius 2 is 1.64 bits per heavy atom. The van der Waals surface area contributed by atoms with Crippen LogP contribution >= 0.6 is 0 Å². The van der Waals surface area contributed by atoms with Crippen molar-refractivity contribution in [1.29, 1.82) is 0 Å². The Bertz CT molecular complexity index is 169. The van der Waals surface area contributed by atoms with Crippen molar-refractivity contribution in [1.82, 2.24) is 0 Å². The van der Waals surface area contributed by atoms with E-state index in [9.17, 15) is 4.32 Å². The second-order valence-corrected chi connectivity index (χ2v) is 1.84. The maximum absolute atomic E-state index is 11.6. The van der Waals surface area contributed by atoms with Gasteiger partial charge in [-0.1, -0.05) is 35.9 Å². The van der Waals surface area contributed by atoms with Gasteiger partial charge >= 0.3 is 7.56 Å². The van der Waals surface area contributed by atoms with Gasteiger partial charge in [0.25, 0.3) is 0 Å². The summed E-state index contributed by atoms with van der Waals surface area (Å²) < 4.78 is 11.6. The smallest absolute Gasteiger partial charge is 0.359 e. The molecule has 0 unspecified atom stereocenters. The van der Waals surface area contributed by atoms with E-state index in [2.05, 4.69) is 0 Å². The van der Waals surface area contributed by atoms with E-state index >= 15 is 0 Å². The lowest BCUT2D eigenvalue weighted by atomic mass is 9.93. The highest BCUT2D eigenvalue weighted by Gasteiger charge is 1.90. The molecule has 0 saturated heterocycles. The van der Waals surface area contributed by atoms with Gasteiger partial charge < -0.3 is 15.3 Å². The van der Waals surface area contributed by atoms with Crippen LogP contribution in [0.15, 0.2) is 30.3 Å². The first-order valence-electron chi connectivity index (χ1n) is 2.89. The van der Waals surface area contributed by atoms with Crippen LogP contribution < -0.4 is 0 Å². The first-order chi connectivity index (χ1) is 4.43. The average Bonchev–Trinajstić information content (AvgIpc) is 1.91. The Kier molecular flexibility index (Phi) is 8.42. The van der Waals surface area contributed by atoms with Gasteiger partial charge in [-0.15, -0.1) is 0 Å². The standard InChI is InChI=1S/C7H7BF.2H2O/c9-8-6-7-4-2-1-3-5-7;;/h1-5H,6H2;2*1H2. The third-order valence-electron chi connectivity index (χ3n) is 1.16. The molecule has 4 N–H and O–H groups in total. The van der Waals surface area contributed by atoms with Crippen LogP contribution in [0.25, 0.3) is 0 Å². The van der Waals surface area contributed by atoms with Gasteiger partial charge in [-0.3, -0.25) is 0 Å². The SMILES string of the molecule is F[B]Cc1ccccc1.O.O. The molecule has 1 aromatic rings. The Balaban J connectivity index is 0. The highest BCUT2D eigenvalue weighted by atomic mass is 19.1. The maximum atomic E-state index is 11.6. The zero-order valence-electron chi connectivity index (χ0n) is 6.05. The molecule has 0 aliphatic carbocycles. The average molecular weight is 157 g/mol. The molecule has 0 atom stereocenters. The Hall–Kier alpha value is -0.865. The zero-order valence-corrected chi connectivity index (χ0v) is 6.05. The van der Waals surface area contributed by atoms with Gasteiger partial charge in [0, 0.05) is 0 Å². The van der Waals surface area contributed by atoms with Crippen molar-refractivity contribution in [3.8, 4) is 0 Å². The van der Waals surface area contributed by atoms with Crippen molar-refractivity contribution < 1.29 is 15.3 Å². The van der Waals surface area contributed by atoms with Crippen LogP contribution in [0.3, 0.4) is 0 Å². The van der Waals surface area contributed by atoms with Crippen molar-refractivity contribution in [3.05, 3.63) is 35.9 Å². The number of hydrogen-bond acceptors (Lipinski definition) is 0. The van der Waals surface area contributed by atoms with E-state index in [1.807, 2.05) is 30.3 Å². The second-order valence-electron chi connectivity index (χ2n) is 1.84. The predicted octanol–water partition coefficient (Wildman–Crippen LogP) is 0.126. The lowest BCUT2D eigenvalue weighted by Crippen LogP contribution is -1.87. The van der Waals surface area contributed by atoms with E-state index in [0.717, 1.165) is 5.56 Å². The molecule has 0 saturated carbocycles. The van der Waals surface area contributed by atoms with E-state index in [4.69, 9.17) is 0 Å². The molecular weight excluding hydrogens is 146 g/mol. The Morgan fingerprint density at radius 1 is 1.09 bits per heavy atom. The van der Waals surface area contributed by atoms with Crippen molar-refractivity contribution in [2.45, 2.75) is 6.32 Å². The molecule has 1 radical (unpaired) electrons. The van der Waals surface area contributed by atoms with Crippen LogP contribution in [-0.2, 0) is 6.32 Å². The number of halogens is 1. The van der Waals surface area contributed by atoms with Crippen molar-refractivity contribution >= 4 is 7.56 Å². The maximum Gasteiger partial charge on any atom is 0.359 e. The van der Waals surface area contributed by atoms with E-state index in [1.54, 1.807) is 0 Å². The van der Waals surface area contributed by atoms with Crippen LogP contribution in [0.4, 0.5) is 4.32 Å². The van der Waals surface area contributed by atoms with Gasteiger partial charge in [0.15, 0.2) is 0 Å². The van der Waals surface area contributed by atoms with Gasteiger partial charge in [0.1, 0.15) is 0 Å². The molecular formula is C7H11BFO2. The zero-order chi connectivity index (χ0) is 6.53. The highest BCUT2D eigenvalue weighted by molar-refractivity contribution is 6.25. The van der Waals surface area contributed by atoms with E-state index < -0.39 is 0 Å². The van der Waals surface area contributed by atoms with Crippen LogP contribution in [0.2, 0.25) is 0 Å². The third-order valence-corrected chi connectivity index (χ3v) is 1.16. The summed E-state index contributed by atoms with van der Waals surface area (Å²) in [5.41, 5.74) is 1.01. The lowest BCUT2D eigenvalue weighted by molar-refractivity contribution is 0.823. The normalized spacial score (nSPS) is 7.36. The van der Waals surface area contributed by atoms with Gasteiger partial charge in [-0.2, -0.15) is 0 Å². The summed E-state index contributed by atoms with van der Waals surface area (Å²) in [6.45, 7) is 0. The summed E-state index contributed by atoms with van der Waals surface area (Å²) in [5.74, 6) is 0. The van der Waals surface area contributed by atoms with Gasteiger partial charge in [0.05, 0.1) is 0 Å². The summed E-state index contributed by atoms with van der Waals surface area (Å²) in [5, 5.41) is 0. The van der Waals surface area contributed by atoms with Crippen molar-refractivity contribution in [2.75, 3.05) is 0 Å². The van der Waals surface area contributed by atoms with Gasteiger partial charge in [0.2, 0.25) is 0 Å². The van der Waals surface area contributed by atoms with Gasteiger partial charge in [-0.05, 0) is 6.32 Å². The van der Waals surface area contributed by atoms with Gasteiger partial charge in [-0.25, -0.2) is 0 Å².